The van der Waals surface area contributed by atoms with Gasteiger partial charge < -0.3 is 4.74 Å². The van der Waals surface area contributed by atoms with Crippen molar-refractivity contribution in [2.45, 2.75) is 31.6 Å². The summed E-state index contributed by atoms with van der Waals surface area (Å²) in [6.45, 7) is 2.46. The molecular weight excluding hydrogens is 288 g/mol. The molecule has 0 amide bonds. The van der Waals surface area contributed by atoms with Crippen molar-refractivity contribution < 1.29 is 13.2 Å². The van der Waals surface area contributed by atoms with Crippen molar-refractivity contribution in [3.8, 4) is 0 Å². The third-order valence-corrected chi connectivity index (χ3v) is 5.26. The first-order valence-corrected chi connectivity index (χ1v) is 8.90. The molecule has 1 aromatic heterocycles. The van der Waals surface area contributed by atoms with Gasteiger partial charge in [-0.1, -0.05) is 12.1 Å². The molecule has 1 aliphatic heterocycles. The van der Waals surface area contributed by atoms with Gasteiger partial charge in [0.2, 0.25) is 0 Å². The Morgan fingerprint density at radius 3 is 2.62 bits per heavy atom. The van der Waals surface area contributed by atoms with Crippen LogP contribution in [0.3, 0.4) is 0 Å². The second kappa shape index (κ2) is 5.69. The van der Waals surface area contributed by atoms with Crippen LogP contribution in [0.5, 0.6) is 0 Å². The molecule has 1 fully saturated rings. The molecule has 1 aliphatic rings. The summed E-state index contributed by atoms with van der Waals surface area (Å²) in [4.78, 5) is 8.89. The number of aromatic nitrogens is 2. The minimum absolute atomic E-state index is 0.0704. The van der Waals surface area contributed by atoms with Crippen LogP contribution < -0.4 is 0 Å². The summed E-state index contributed by atoms with van der Waals surface area (Å²) >= 11 is 0. The minimum Gasteiger partial charge on any atom is -0.377 e. The molecule has 0 N–H and O–H groups in total. The number of rotatable bonds is 4. The first-order valence-electron chi connectivity index (χ1n) is 7.08. The van der Waals surface area contributed by atoms with Gasteiger partial charge in [-0.05, 0) is 31.9 Å². The maximum absolute atomic E-state index is 12.3. The molecule has 2 aromatic rings. The molecule has 0 radical (unpaired) electrons. The molecule has 0 saturated carbocycles. The number of hydrogen-bond donors (Lipinski definition) is 0. The Morgan fingerprint density at radius 2 is 1.95 bits per heavy atom. The van der Waals surface area contributed by atoms with Crippen molar-refractivity contribution in [1.29, 1.82) is 0 Å². The highest BCUT2D eigenvalue weighted by Crippen LogP contribution is 2.18. The van der Waals surface area contributed by atoms with Crippen LogP contribution in [0.15, 0.2) is 24.3 Å². The van der Waals surface area contributed by atoms with Crippen LogP contribution in [0, 0.1) is 6.92 Å². The van der Waals surface area contributed by atoms with Gasteiger partial charge >= 0.3 is 0 Å². The highest BCUT2D eigenvalue weighted by molar-refractivity contribution is 7.90. The van der Waals surface area contributed by atoms with Gasteiger partial charge in [-0.25, -0.2) is 18.4 Å². The summed E-state index contributed by atoms with van der Waals surface area (Å²) in [5, 5.41) is 0. The second-order valence-corrected chi connectivity index (χ2v) is 7.54. The minimum atomic E-state index is -3.24. The van der Waals surface area contributed by atoms with Gasteiger partial charge in [0.05, 0.1) is 40.0 Å². The Labute approximate surface area is 124 Å². The zero-order valence-electron chi connectivity index (χ0n) is 11.9. The number of para-hydroxylation sites is 2. The van der Waals surface area contributed by atoms with E-state index >= 15 is 0 Å². The van der Waals surface area contributed by atoms with E-state index < -0.39 is 9.84 Å². The van der Waals surface area contributed by atoms with Crippen molar-refractivity contribution in [1.82, 2.24) is 9.97 Å². The summed E-state index contributed by atoms with van der Waals surface area (Å²) in [5.41, 5.74) is 2.72. The predicted octanol–water partition coefficient (Wildman–Crippen LogP) is 2.03. The fourth-order valence-corrected chi connectivity index (χ4v) is 4.22. The van der Waals surface area contributed by atoms with E-state index in [0.717, 1.165) is 23.9 Å². The smallest absolute Gasteiger partial charge is 0.158 e. The summed E-state index contributed by atoms with van der Waals surface area (Å²) in [7, 11) is -3.24. The molecule has 1 atom stereocenters. The Hall–Kier alpha value is -1.53. The lowest BCUT2D eigenvalue weighted by Crippen LogP contribution is -2.22. The monoisotopic (exact) mass is 306 g/mol. The highest BCUT2D eigenvalue weighted by atomic mass is 32.2. The van der Waals surface area contributed by atoms with Crippen molar-refractivity contribution >= 4 is 20.9 Å². The molecule has 1 saturated heterocycles. The summed E-state index contributed by atoms with van der Waals surface area (Å²) in [5.74, 6) is -0.00251. The van der Waals surface area contributed by atoms with Crippen LogP contribution in [0.2, 0.25) is 0 Å². The van der Waals surface area contributed by atoms with Crippen molar-refractivity contribution in [3.63, 3.8) is 0 Å². The maximum atomic E-state index is 12.3. The van der Waals surface area contributed by atoms with Crippen LogP contribution in [0.25, 0.3) is 11.0 Å². The van der Waals surface area contributed by atoms with Crippen molar-refractivity contribution in [2.75, 3.05) is 12.4 Å². The SMILES string of the molecule is Cc1nc2ccccc2nc1CS(=O)(=O)C[C@H]1CCCO1. The van der Waals surface area contributed by atoms with E-state index in [1.54, 1.807) is 6.92 Å². The molecule has 21 heavy (non-hydrogen) atoms. The fraction of sp³-hybridized carbons (Fsp3) is 0.467. The van der Waals surface area contributed by atoms with Crippen molar-refractivity contribution in [3.05, 3.63) is 35.7 Å². The molecule has 3 rings (SSSR count). The van der Waals surface area contributed by atoms with E-state index in [1.165, 1.54) is 0 Å². The van der Waals surface area contributed by atoms with E-state index in [4.69, 9.17) is 4.74 Å². The normalized spacial score (nSPS) is 19.2. The number of fused-ring (bicyclic) bond motifs is 1. The zero-order chi connectivity index (χ0) is 14.9. The first kappa shape index (κ1) is 14.4. The Kier molecular flexibility index (Phi) is 3.91. The average Bonchev–Trinajstić information content (AvgIpc) is 2.91. The number of nitrogens with zero attached hydrogens (tertiary/aromatic N) is 2. The van der Waals surface area contributed by atoms with Crippen LogP contribution in [-0.2, 0) is 20.3 Å². The fourth-order valence-electron chi connectivity index (χ4n) is 2.59. The van der Waals surface area contributed by atoms with E-state index in [2.05, 4.69) is 9.97 Å². The van der Waals surface area contributed by atoms with Crippen LogP contribution in [0.1, 0.15) is 24.2 Å². The van der Waals surface area contributed by atoms with Crippen LogP contribution >= 0.6 is 0 Å². The third-order valence-electron chi connectivity index (χ3n) is 3.66. The van der Waals surface area contributed by atoms with Gasteiger partial charge in [0.25, 0.3) is 0 Å². The lowest BCUT2D eigenvalue weighted by molar-refractivity contribution is 0.127. The van der Waals surface area contributed by atoms with Gasteiger partial charge in [0.15, 0.2) is 9.84 Å². The van der Waals surface area contributed by atoms with E-state index in [1.807, 2.05) is 24.3 Å². The summed E-state index contributed by atoms with van der Waals surface area (Å²) in [6, 6.07) is 7.49. The largest absolute Gasteiger partial charge is 0.377 e. The summed E-state index contributed by atoms with van der Waals surface area (Å²) in [6.07, 6.45) is 1.60. The number of hydrogen-bond acceptors (Lipinski definition) is 5. The lowest BCUT2D eigenvalue weighted by atomic mass is 10.2. The second-order valence-electron chi connectivity index (χ2n) is 5.43. The number of aryl methyl sites for hydroxylation is 1. The predicted molar refractivity (Wildman–Crippen MR) is 80.7 cm³/mol. The molecule has 2 heterocycles. The van der Waals surface area contributed by atoms with Crippen molar-refractivity contribution in [2.24, 2.45) is 0 Å². The molecule has 112 valence electrons. The molecule has 0 spiro atoms. The number of sulfone groups is 1. The molecule has 0 bridgehead atoms. The molecule has 0 aliphatic carbocycles. The van der Waals surface area contributed by atoms with Gasteiger partial charge in [-0.15, -0.1) is 0 Å². The quantitative estimate of drug-likeness (QED) is 0.864. The van der Waals surface area contributed by atoms with Crippen LogP contribution in [-0.4, -0.2) is 36.8 Å². The Morgan fingerprint density at radius 1 is 1.24 bits per heavy atom. The van der Waals surface area contributed by atoms with E-state index in [-0.39, 0.29) is 17.6 Å². The lowest BCUT2D eigenvalue weighted by Gasteiger charge is -2.11. The van der Waals surface area contributed by atoms with E-state index in [9.17, 15) is 8.42 Å². The maximum Gasteiger partial charge on any atom is 0.158 e. The van der Waals surface area contributed by atoms with Gasteiger partial charge in [0.1, 0.15) is 0 Å². The van der Waals surface area contributed by atoms with Gasteiger partial charge in [-0.2, -0.15) is 0 Å². The van der Waals surface area contributed by atoms with Gasteiger partial charge in [0, 0.05) is 6.61 Å². The molecule has 6 heteroatoms. The number of ether oxygens (including phenoxy) is 1. The Bertz CT molecular complexity index is 753. The van der Waals surface area contributed by atoms with Crippen LogP contribution in [0.4, 0.5) is 0 Å². The molecule has 1 aromatic carbocycles. The van der Waals surface area contributed by atoms with Gasteiger partial charge in [-0.3, -0.25) is 0 Å². The standard InChI is InChI=1S/C15H18N2O3S/c1-11-15(17-14-7-3-2-6-13(14)16-11)10-21(18,19)9-12-5-4-8-20-12/h2-3,6-7,12H,4-5,8-10H2,1H3/t12-/m1/s1. The molecule has 0 unspecified atom stereocenters. The Balaban J connectivity index is 1.84. The zero-order valence-corrected chi connectivity index (χ0v) is 12.8. The summed E-state index contributed by atoms with van der Waals surface area (Å²) < 4.78 is 30.0. The average molecular weight is 306 g/mol. The number of benzene rings is 1. The first-order chi connectivity index (χ1) is 10.0. The molecule has 5 nitrogen and oxygen atoms in total. The third kappa shape index (κ3) is 3.39. The molecular formula is C15H18N2O3S. The highest BCUT2D eigenvalue weighted by Gasteiger charge is 2.24. The van der Waals surface area contributed by atoms with E-state index in [0.29, 0.717) is 18.0 Å². The topological polar surface area (TPSA) is 69.2 Å².